The van der Waals surface area contributed by atoms with Gasteiger partial charge in [0.1, 0.15) is 17.6 Å². The lowest BCUT2D eigenvalue weighted by Crippen LogP contribution is -1.88. The van der Waals surface area contributed by atoms with Gasteiger partial charge in [-0.05, 0) is 42.5 Å². The van der Waals surface area contributed by atoms with Crippen LogP contribution in [0.3, 0.4) is 0 Å². The summed E-state index contributed by atoms with van der Waals surface area (Å²) in [5.41, 5.74) is 0.465. The van der Waals surface area contributed by atoms with Gasteiger partial charge < -0.3 is 4.74 Å². The van der Waals surface area contributed by atoms with Gasteiger partial charge in [0.05, 0.1) is 5.56 Å². The number of thiol groups is 2. The van der Waals surface area contributed by atoms with Crippen molar-refractivity contribution in [1.82, 2.24) is 0 Å². The van der Waals surface area contributed by atoms with Gasteiger partial charge in [0.25, 0.3) is 0 Å². The molecule has 0 atom stereocenters. The maximum atomic E-state index is 8.99. The summed E-state index contributed by atoms with van der Waals surface area (Å²) in [4.78, 5) is 1.60. The number of hydrogen-bond acceptors (Lipinski definition) is 4. The Hall–Kier alpha value is -1.57. The molecule has 0 radical (unpaired) electrons. The van der Waals surface area contributed by atoms with E-state index in [2.05, 4.69) is 31.3 Å². The third-order valence-corrected chi connectivity index (χ3v) is 2.72. The predicted octanol–water partition coefficient (Wildman–Crippen LogP) is 3.93. The zero-order chi connectivity index (χ0) is 12.3. The van der Waals surface area contributed by atoms with Crippen molar-refractivity contribution in [2.24, 2.45) is 0 Å². The normalized spacial score (nSPS) is 9.71. The summed E-state index contributed by atoms with van der Waals surface area (Å²) >= 11 is 8.37. The van der Waals surface area contributed by atoms with Crippen LogP contribution in [0.4, 0.5) is 0 Å². The number of nitrogens with zero attached hydrogens (tertiary/aromatic N) is 1. The molecule has 4 heteroatoms. The van der Waals surface area contributed by atoms with Crippen molar-refractivity contribution in [2.75, 3.05) is 0 Å². The summed E-state index contributed by atoms with van der Waals surface area (Å²) < 4.78 is 5.62. The number of rotatable bonds is 2. The summed E-state index contributed by atoms with van der Waals surface area (Å²) in [6, 6.07) is 14.5. The Morgan fingerprint density at radius 3 is 2.24 bits per heavy atom. The van der Waals surface area contributed by atoms with E-state index in [9.17, 15) is 0 Å². The van der Waals surface area contributed by atoms with E-state index in [-0.39, 0.29) is 0 Å². The average molecular weight is 259 g/mol. The van der Waals surface area contributed by atoms with E-state index in [4.69, 9.17) is 10.00 Å². The van der Waals surface area contributed by atoms with Crippen LogP contribution in [0, 0.1) is 11.3 Å². The molecule has 0 aromatic heterocycles. The lowest BCUT2D eigenvalue weighted by atomic mass is 10.2. The molecule has 0 bridgehead atoms. The molecule has 0 aliphatic heterocycles. The first-order valence-corrected chi connectivity index (χ1v) is 5.78. The molecular weight excluding hydrogens is 250 g/mol. The minimum absolute atomic E-state index is 0.465. The molecule has 0 heterocycles. The van der Waals surface area contributed by atoms with Gasteiger partial charge >= 0.3 is 0 Å². The molecule has 0 fully saturated rings. The summed E-state index contributed by atoms with van der Waals surface area (Å²) in [5.74, 6) is 1.20. The molecule has 0 unspecified atom stereocenters. The van der Waals surface area contributed by atoms with Crippen molar-refractivity contribution >= 4 is 25.3 Å². The van der Waals surface area contributed by atoms with Gasteiger partial charge in [-0.2, -0.15) is 5.26 Å². The molecule has 0 aliphatic carbocycles. The monoisotopic (exact) mass is 259 g/mol. The molecule has 2 rings (SSSR count). The predicted molar refractivity (Wildman–Crippen MR) is 72.2 cm³/mol. The number of ether oxygens (including phenoxy) is 1. The molecule has 0 saturated carbocycles. The summed E-state index contributed by atoms with van der Waals surface area (Å²) in [5, 5.41) is 8.99. The minimum atomic E-state index is 0.465. The Labute approximate surface area is 111 Å². The minimum Gasteiger partial charge on any atom is -0.456 e. The second kappa shape index (κ2) is 5.17. The van der Waals surface area contributed by atoms with Crippen molar-refractivity contribution < 1.29 is 4.74 Å². The molecule has 0 N–H and O–H groups in total. The highest BCUT2D eigenvalue weighted by atomic mass is 32.1. The Morgan fingerprint density at radius 2 is 1.59 bits per heavy atom. The molecule has 2 nitrogen and oxygen atoms in total. The van der Waals surface area contributed by atoms with Crippen molar-refractivity contribution in [3.63, 3.8) is 0 Å². The van der Waals surface area contributed by atoms with Crippen molar-refractivity contribution in [3.05, 3.63) is 48.0 Å². The quantitative estimate of drug-likeness (QED) is 0.801. The lowest BCUT2D eigenvalue weighted by molar-refractivity contribution is 0.480. The molecular formula is C13H9NOS2. The Bertz CT molecular complexity index is 573. The molecule has 0 aliphatic rings. The van der Waals surface area contributed by atoms with E-state index >= 15 is 0 Å². The fourth-order valence-electron chi connectivity index (χ4n) is 1.34. The fourth-order valence-corrected chi connectivity index (χ4v) is 1.69. The average Bonchev–Trinajstić information content (AvgIpc) is 2.34. The van der Waals surface area contributed by atoms with Gasteiger partial charge in [-0.1, -0.05) is 0 Å². The van der Waals surface area contributed by atoms with Gasteiger partial charge in [0, 0.05) is 9.79 Å². The standard InChI is InChI=1S/C13H9NOS2/c14-8-9-7-12(17)5-6-13(9)15-10-1-3-11(16)4-2-10/h1-7,16-17H. The van der Waals surface area contributed by atoms with Gasteiger partial charge in [-0.25, -0.2) is 0 Å². The highest BCUT2D eigenvalue weighted by Crippen LogP contribution is 2.27. The Morgan fingerprint density at radius 1 is 0.941 bits per heavy atom. The van der Waals surface area contributed by atoms with E-state index in [1.807, 2.05) is 12.1 Å². The Kier molecular flexibility index (Phi) is 3.62. The zero-order valence-corrected chi connectivity index (χ0v) is 10.6. The van der Waals surface area contributed by atoms with Crippen LogP contribution in [0.1, 0.15) is 5.56 Å². The van der Waals surface area contributed by atoms with Crippen LogP contribution in [0.15, 0.2) is 52.3 Å². The van der Waals surface area contributed by atoms with Crippen LogP contribution in [-0.4, -0.2) is 0 Å². The topological polar surface area (TPSA) is 33.0 Å². The number of hydrogen-bond donors (Lipinski definition) is 2. The van der Waals surface area contributed by atoms with E-state index < -0.39 is 0 Å². The maximum absolute atomic E-state index is 8.99. The summed E-state index contributed by atoms with van der Waals surface area (Å²) in [6.45, 7) is 0. The zero-order valence-electron chi connectivity index (χ0n) is 8.79. The van der Waals surface area contributed by atoms with Crippen LogP contribution in [-0.2, 0) is 0 Å². The van der Waals surface area contributed by atoms with E-state index in [1.54, 1.807) is 30.3 Å². The molecule has 2 aromatic rings. The van der Waals surface area contributed by atoms with E-state index in [0.29, 0.717) is 17.1 Å². The molecule has 17 heavy (non-hydrogen) atoms. The first kappa shape index (κ1) is 11.9. The second-order valence-electron chi connectivity index (χ2n) is 3.39. The largest absolute Gasteiger partial charge is 0.456 e. The molecule has 2 aromatic carbocycles. The first-order valence-electron chi connectivity index (χ1n) is 4.89. The van der Waals surface area contributed by atoms with E-state index in [1.165, 1.54) is 0 Å². The molecule has 0 spiro atoms. The molecule has 0 saturated heterocycles. The van der Waals surface area contributed by atoms with Gasteiger partial charge in [-0.3, -0.25) is 0 Å². The fraction of sp³-hybridized carbons (Fsp3) is 0. The summed E-state index contributed by atoms with van der Waals surface area (Å²) in [6.07, 6.45) is 0. The maximum Gasteiger partial charge on any atom is 0.145 e. The van der Waals surface area contributed by atoms with Crippen LogP contribution in [0.25, 0.3) is 0 Å². The van der Waals surface area contributed by atoms with Gasteiger partial charge in [0.15, 0.2) is 0 Å². The van der Waals surface area contributed by atoms with Crippen LogP contribution in [0.2, 0.25) is 0 Å². The van der Waals surface area contributed by atoms with Crippen molar-refractivity contribution in [2.45, 2.75) is 9.79 Å². The SMILES string of the molecule is N#Cc1cc(S)ccc1Oc1ccc(S)cc1. The van der Waals surface area contributed by atoms with Gasteiger partial charge in [0.2, 0.25) is 0 Å². The van der Waals surface area contributed by atoms with Crippen LogP contribution >= 0.6 is 25.3 Å². The van der Waals surface area contributed by atoms with Crippen molar-refractivity contribution in [1.29, 1.82) is 5.26 Å². The smallest absolute Gasteiger partial charge is 0.145 e. The molecule has 0 amide bonds. The third-order valence-electron chi connectivity index (χ3n) is 2.15. The van der Waals surface area contributed by atoms with E-state index in [0.717, 1.165) is 9.79 Å². The van der Waals surface area contributed by atoms with Crippen molar-refractivity contribution in [3.8, 4) is 17.6 Å². The second-order valence-corrected chi connectivity index (χ2v) is 4.42. The first-order chi connectivity index (χ1) is 8.19. The highest BCUT2D eigenvalue weighted by Gasteiger charge is 2.04. The lowest BCUT2D eigenvalue weighted by Gasteiger charge is -2.07. The third kappa shape index (κ3) is 2.96. The van der Waals surface area contributed by atoms with Crippen LogP contribution < -0.4 is 4.74 Å². The number of nitriles is 1. The number of benzene rings is 2. The van der Waals surface area contributed by atoms with Crippen LogP contribution in [0.5, 0.6) is 11.5 Å². The Balaban J connectivity index is 2.30. The highest BCUT2D eigenvalue weighted by molar-refractivity contribution is 7.80. The van der Waals surface area contributed by atoms with Gasteiger partial charge in [-0.15, -0.1) is 25.3 Å². The summed E-state index contributed by atoms with van der Waals surface area (Å²) in [7, 11) is 0. The molecule has 84 valence electrons.